The third-order valence-corrected chi connectivity index (χ3v) is 3.36. The molecule has 0 aliphatic rings. The van der Waals surface area contributed by atoms with Gasteiger partial charge in [-0.25, -0.2) is 0 Å². The molecule has 2 rings (SSSR count). The van der Waals surface area contributed by atoms with Crippen molar-refractivity contribution in [2.24, 2.45) is 0 Å². The highest BCUT2D eigenvalue weighted by Gasteiger charge is 2.06. The van der Waals surface area contributed by atoms with Gasteiger partial charge in [0, 0.05) is 36.8 Å². The van der Waals surface area contributed by atoms with Crippen LogP contribution in [0.15, 0.2) is 30.5 Å². The van der Waals surface area contributed by atoms with E-state index in [2.05, 4.69) is 15.6 Å². The second-order valence-electron chi connectivity index (χ2n) is 4.55. The third kappa shape index (κ3) is 4.39. The predicted octanol–water partition coefficient (Wildman–Crippen LogP) is 1.74. The summed E-state index contributed by atoms with van der Waals surface area (Å²) in [5.41, 5.74) is 1.87. The number of rotatable bonds is 7. The van der Waals surface area contributed by atoms with Gasteiger partial charge in [0.15, 0.2) is 0 Å². The van der Waals surface area contributed by atoms with Crippen molar-refractivity contribution in [2.75, 3.05) is 26.8 Å². The number of benzene rings is 1. The lowest BCUT2D eigenvalue weighted by Gasteiger charge is -2.09. The number of halogens is 1. The fourth-order valence-electron chi connectivity index (χ4n) is 2.00. The van der Waals surface area contributed by atoms with Gasteiger partial charge in [-0.05, 0) is 23.8 Å². The van der Waals surface area contributed by atoms with Gasteiger partial charge in [0.1, 0.15) is 0 Å². The molecule has 112 valence electrons. The molecule has 0 saturated carbocycles. The van der Waals surface area contributed by atoms with E-state index < -0.39 is 0 Å². The number of hydrogen-bond acceptors (Lipinski definition) is 4. The Labute approximate surface area is 128 Å². The fourth-order valence-corrected chi connectivity index (χ4v) is 2.22. The van der Waals surface area contributed by atoms with Crippen molar-refractivity contribution in [2.45, 2.75) is 6.54 Å². The van der Waals surface area contributed by atoms with Crippen LogP contribution < -0.4 is 10.6 Å². The van der Waals surface area contributed by atoms with Crippen molar-refractivity contribution < 1.29 is 9.53 Å². The van der Waals surface area contributed by atoms with Crippen LogP contribution in [0, 0.1) is 0 Å². The average molecular weight is 308 g/mol. The number of amides is 1. The van der Waals surface area contributed by atoms with Crippen molar-refractivity contribution >= 4 is 28.4 Å². The minimum atomic E-state index is -0.0571. The standard InChI is InChI=1S/C15H18ClN3O2/c1-21-8-7-18-14(20)10-17-9-11-4-5-13(16)12-3-2-6-19-15(11)12/h2-6,17H,7-10H2,1H3,(H,18,20). The average Bonchev–Trinajstić information content (AvgIpc) is 2.50. The normalized spacial score (nSPS) is 10.8. The van der Waals surface area contributed by atoms with Crippen LogP contribution in [-0.2, 0) is 16.1 Å². The lowest BCUT2D eigenvalue weighted by atomic mass is 10.1. The number of aromatic nitrogens is 1. The summed E-state index contributed by atoms with van der Waals surface area (Å²) in [4.78, 5) is 15.9. The Morgan fingerprint density at radius 3 is 3.05 bits per heavy atom. The van der Waals surface area contributed by atoms with Gasteiger partial charge in [-0.1, -0.05) is 17.7 Å². The highest BCUT2D eigenvalue weighted by molar-refractivity contribution is 6.35. The van der Waals surface area contributed by atoms with Gasteiger partial charge in [-0.15, -0.1) is 0 Å². The molecule has 0 radical (unpaired) electrons. The van der Waals surface area contributed by atoms with Crippen molar-refractivity contribution in [1.29, 1.82) is 0 Å². The summed E-state index contributed by atoms with van der Waals surface area (Å²) in [7, 11) is 1.60. The van der Waals surface area contributed by atoms with Gasteiger partial charge in [-0.2, -0.15) is 0 Å². The summed E-state index contributed by atoms with van der Waals surface area (Å²) in [6, 6.07) is 7.56. The topological polar surface area (TPSA) is 63.2 Å². The van der Waals surface area contributed by atoms with Crippen molar-refractivity contribution in [3.63, 3.8) is 0 Å². The molecule has 0 fully saturated rings. The molecule has 5 nitrogen and oxygen atoms in total. The second-order valence-corrected chi connectivity index (χ2v) is 4.96. The molecule has 21 heavy (non-hydrogen) atoms. The molecule has 2 aromatic rings. The number of carbonyl (C=O) groups is 1. The summed E-state index contributed by atoms with van der Waals surface area (Å²) >= 11 is 6.15. The molecule has 0 spiro atoms. The van der Waals surface area contributed by atoms with Crippen molar-refractivity contribution in [3.05, 3.63) is 41.0 Å². The molecular formula is C15H18ClN3O2. The highest BCUT2D eigenvalue weighted by atomic mass is 35.5. The first-order chi connectivity index (χ1) is 10.2. The number of nitrogens with one attached hydrogen (secondary N) is 2. The number of pyridine rings is 1. The van der Waals surface area contributed by atoms with Gasteiger partial charge < -0.3 is 15.4 Å². The molecule has 0 aliphatic heterocycles. The number of methoxy groups -OCH3 is 1. The maximum absolute atomic E-state index is 11.6. The van der Waals surface area contributed by atoms with Gasteiger partial charge in [0.2, 0.25) is 5.91 Å². The van der Waals surface area contributed by atoms with Crippen molar-refractivity contribution in [3.8, 4) is 0 Å². The molecule has 2 N–H and O–H groups in total. The number of ether oxygens (including phenoxy) is 1. The molecule has 0 aliphatic carbocycles. The van der Waals surface area contributed by atoms with E-state index in [4.69, 9.17) is 16.3 Å². The zero-order chi connectivity index (χ0) is 15.1. The van der Waals surface area contributed by atoms with Gasteiger partial charge >= 0.3 is 0 Å². The predicted molar refractivity (Wildman–Crippen MR) is 83.3 cm³/mol. The minimum Gasteiger partial charge on any atom is -0.383 e. The van der Waals surface area contributed by atoms with E-state index in [0.717, 1.165) is 16.5 Å². The molecular weight excluding hydrogens is 290 g/mol. The molecule has 1 amide bonds. The third-order valence-electron chi connectivity index (χ3n) is 3.03. The van der Waals surface area contributed by atoms with E-state index in [1.807, 2.05) is 24.3 Å². The van der Waals surface area contributed by atoms with E-state index >= 15 is 0 Å². The SMILES string of the molecule is COCCNC(=O)CNCc1ccc(Cl)c2cccnc12. The van der Waals surface area contributed by atoms with Gasteiger partial charge in [0.05, 0.1) is 18.7 Å². The van der Waals surface area contributed by atoms with Crippen LogP contribution in [0.3, 0.4) is 0 Å². The lowest BCUT2D eigenvalue weighted by Crippen LogP contribution is -2.35. The molecule has 0 bridgehead atoms. The highest BCUT2D eigenvalue weighted by Crippen LogP contribution is 2.24. The Kier molecular flexibility index (Phi) is 5.92. The summed E-state index contributed by atoms with van der Waals surface area (Å²) < 4.78 is 4.87. The maximum atomic E-state index is 11.6. The Morgan fingerprint density at radius 1 is 1.38 bits per heavy atom. The Hall–Kier alpha value is -1.69. The van der Waals surface area contributed by atoms with Gasteiger partial charge in [0.25, 0.3) is 0 Å². The van der Waals surface area contributed by atoms with Crippen LogP contribution in [-0.4, -0.2) is 37.7 Å². The van der Waals surface area contributed by atoms with E-state index in [9.17, 15) is 4.79 Å². The summed E-state index contributed by atoms with van der Waals surface area (Å²) in [6.45, 7) is 1.84. The number of carbonyl (C=O) groups excluding carboxylic acids is 1. The van der Waals surface area contributed by atoms with Crippen LogP contribution >= 0.6 is 11.6 Å². The van der Waals surface area contributed by atoms with E-state index in [0.29, 0.717) is 24.7 Å². The molecule has 0 saturated heterocycles. The first-order valence-corrected chi connectivity index (χ1v) is 7.08. The molecule has 1 aromatic carbocycles. The van der Waals surface area contributed by atoms with Crippen LogP contribution in [0.4, 0.5) is 0 Å². The Balaban J connectivity index is 1.92. The molecule has 0 atom stereocenters. The molecule has 1 aromatic heterocycles. The summed E-state index contributed by atoms with van der Waals surface area (Å²) in [5, 5.41) is 7.46. The molecule has 0 unspecified atom stereocenters. The van der Waals surface area contributed by atoms with Crippen LogP contribution in [0.25, 0.3) is 10.9 Å². The van der Waals surface area contributed by atoms with Gasteiger partial charge in [-0.3, -0.25) is 9.78 Å². The first kappa shape index (κ1) is 15.7. The second kappa shape index (κ2) is 7.93. The monoisotopic (exact) mass is 307 g/mol. The van der Waals surface area contributed by atoms with Crippen LogP contribution in [0.1, 0.15) is 5.56 Å². The summed E-state index contributed by atoms with van der Waals surface area (Å²) in [5.74, 6) is -0.0571. The number of hydrogen-bond donors (Lipinski definition) is 2. The quantitative estimate of drug-likeness (QED) is 0.765. The summed E-state index contributed by atoms with van der Waals surface area (Å²) in [6.07, 6.45) is 1.74. The maximum Gasteiger partial charge on any atom is 0.234 e. The Morgan fingerprint density at radius 2 is 2.24 bits per heavy atom. The van der Waals surface area contributed by atoms with E-state index in [-0.39, 0.29) is 12.5 Å². The van der Waals surface area contributed by atoms with Crippen LogP contribution in [0.2, 0.25) is 5.02 Å². The largest absolute Gasteiger partial charge is 0.383 e. The number of nitrogens with zero attached hydrogens (tertiary/aromatic N) is 1. The minimum absolute atomic E-state index is 0.0571. The smallest absolute Gasteiger partial charge is 0.234 e. The first-order valence-electron chi connectivity index (χ1n) is 6.71. The molecule has 1 heterocycles. The Bertz CT molecular complexity index is 619. The van der Waals surface area contributed by atoms with Crippen molar-refractivity contribution in [1.82, 2.24) is 15.6 Å². The molecule has 6 heteroatoms. The zero-order valence-corrected chi connectivity index (χ0v) is 12.6. The van der Waals surface area contributed by atoms with E-state index in [1.54, 1.807) is 13.3 Å². The van der Waals surface area contributed by atoms with E-state index in [1.165, 1.54) is 0 Å². The fraction of sp³-hybridized carbons (Fsp3) is 0.333. The number of fused-ring (bicyclic) bond motifs is 1. The zero-order valence-electron chi connectivity index (χ0n) is 11.9. The lowest BCUT2D eigenvalue weighted by molar-refractivity contribution is -0.120. The van der Waals surface area contributed by atoms with Crippen LogP contribution in [0.5, 0.6) is 0 Å².